The quantitative estimate of drug-likeness (QED) is 0.555. The Morgan fingerprint density at radius 2 is 1.28 bits per heavy atom. The van der Waals surface area contributed by atoms with E-state index in [9.17, 15) is 26.0 Å². The fraction of sp³-hybridized carbons (Fsp3) is 0.136. The van der Waals surface area contributed by atoms with E-state index in [2.05, 4.69) is 5.32 Å². The molecular formula is C22H21FN2O5S2. The number of anilines is 2. The van der Waals surface area contributed by atoms with E-state index in [1.54, 1.807) is 26.0 Å². The minimum Gasteiger partial charge on any atom is -0.326 e. The van der Waals surface area contributed by atoms with Crippen molar-refractivity contribution in [3.05, 3.63) is 84.7 Å². The van der Waals surface area contributed by atoms with E-state index >= 15 is 0 Å². The number of hydrogen-bond acceptors (Lipinski definition) is 5. The molecule has 10 heteroatoms. The minimum atomic E-state index is -4.75. The molecule has 0 spiro atoms. The number of benzene rings is 3. The number of halogens is 1. The Morgan fingerprint density at radius 3 is 1.72 bits per heavy atom. The molecule has 0 unspecified atom stereocenters. The van der Waals surface area contributed by atoms with Gasteiger partial charge in [-0.05, 0) is 42.5 Å². The molecule has 1 amide bonds. The molecule has 168 valence electrons. The lowest BCUT2D eigenvalue weighted by Crippen LogP contribution is -2.37. The molecule has 1 N–H and O–H groups in total. The van der Waals surface area contributed by atoms with Gasteiger partial charge in [0.25, 0.3) is 20.0 Å². The normalized spacial score (nSPS) is 11.9. The summed E-state index contributed by atoms with van der Waals surface area (Å²) in [5.41, 5.74) is -0.684. The monoisotopic (exact) mass is 476 g/mol. The van der Waals surface area contributed by atoms with Gasteiger partial charge in [0.05, 0.1) is 9.79 Å². The smallest absolute Gasteiger partial charge is 0.277 e. The fourth-order valence-corrected chi connectivity index (χ4v) is 6.51. The lowest BCUT2D eigenvalue weighted by atomic mass is 10.2. The van der Waals surface area contributed by atoms with Gasteiger partial charge in [0, 0.05) is 11.6 Å². The molecular weight excluding hydrogens is 455 g/mol. The highest BCUT2D eigenvalue weighted by Gasteiger charge is 2.38. The van der Waals surface area contributed by atoms with Crippen LogP contribution in [-0.4, -0.2) is 22.7 Å². The van der Waals surface area contributed by atoms with Gasteiger partial charge in [-0.2, -0.15) is 3.71 Å². The average Bonchev–Trinajstić information content (AvgIpc) is 2.77. The predicted molar refractivity (Wildman–Crippen MR) is 120 cm³/mol. The molecule has 0 saturated carbocycles. The lowest BCUT2D eigenvalue weighted by molar-refractivity contribution is -0.118. The van der Waals surface area contributed by atoms with Crippen LogP contribution < -0.4 is 9.03 Å². The van der Waals surface area contributed by atoms with Crippen molar-refractivity contribution in [2.75, 3.05) is 9.03 Å². The highest BCUT2D eigenvalue weighted by Crippen LogP contribution is 2.34. The summed E-state index contributed by atoms with van der Waals surface area (Å²) in [4.78, 5) is 11.4. The van der Waals surface area contributed by atoms with Crippen molar-refractivity contribution >= 4 is 37.3 Å². The molecule has 32 heavy (non-hydrogen) atoms. The van der Waals surface area contributed by atoms with Crippen molar-refractivity contribution in [1.82, 2.24) is 0 Å². The third-order valence-electron chi connectivity index (χ3n) is 4.45. The number of nitrogens with one attached hydrogen (secondary N) is 1. The largest absolute Gasteiger partial charge is 0.326 e. The Morgan fingerprint density at radius 1 is 0.812 bits per heavy atom. The number of carbonyl (C=O) groups is 1. The number of carbonyl (C=O) groups excluding carboxylic acids is 1. The zero-order valence-corrected chi connectivity index (χ0v) is 18.9. The van der Waals surface area contributed by atoms with Crippen molar-refractivity contribution in [1.29, 1.82) is 0 Å². The molecule has 0 fully saturated rings. The van der Waals surface area contributed by atoms with Crippen molar-refractivity contribution in [2.24, 2.45) is 5.92 Å². The van der Waals surface area contributed by atoms with Gasteiger partial charge in [-0.25, -0.2) is 21.2 Å². The van der Waals surface area contributed by atoms with Gasteiger partial charge in [0.15, 0.2) is 0 Å². The molecule has 0 aromatic heterocycles. The summed E-state index contributed by atoms with van der Waals surface area (Å²) in [6, 6.07) is 16.8. The second-order valence-corrected chi connectivity index (χ2v) is 10.9. The molecule has 3 rings (SSSR count). The van der Waals surface area contributed by atoms with Crippen molar-refractivity contribution in [3.63, 3.8) is 0 Å². The van der Waals surface area contributed by atoms with E-state index in [4.69, 9.17) is 0 Å². The molecule has 0 aliphatic carbocycles. The van der Waals surface area contributed by atoms with Crippen LogP contribution in [0.2, 0.25) is 0 Å². The summed E-state index contributed by atoms with van der Waals surface area (Å²) in [6.45, 7) is 3.29. The predicted octanol–water partition coefficient (Wildman–Crippen LogP) is 4.00. The van der Waals surface area contributed by atoms with Crippen LogP contribution in [0.5, 0.6) is 0 Å². The molecule has 0 radical (unpaired) electrons. The van der Waals surface area contributed by atoms with Gasteiger partial charge in [-0.3, -0.25) is 4.79 Å². The first kappa shape index (κ1) is 23.4. The van der Waals surface area contributed by atoms with E-state index in [1.807, 2.05) is 0 Å². The van der Waals surface area contributed by atoms with E-state index in [0.29, 0.717) is 0 Å². The van der Waals surface area contributed by atoms with Gasteiger partial charge in [-0.15, -0.1) is 0 Å². The first-order chi connectivity index (χ1) is 15.0. The Kier molecular flexibility index (Phi) is 6.65. The zero-order chi connectivity index (χ0) is 23.5. The first-order valence-electron chi connectivity index (χ1n) is 9.56. The fourth-order valence-electron chi connectivity index (χ4n) is 2.78. The topological polar surface area (TPSA) is 101 Å². The Hall–Kier alpha value is -3.24. The lowest BCUT2D eigenvalue weighted by Gasteiger charge is -2.25. The molecule has 0 atom stereocenters. The Balaban J connectivity index is 2.26. The molecule has 0 aliphatic rings. The standard InChI is InChI=1S/C22H21FN2O5S2/c1-16(2)22(26)24-17-13-14-20(23)21(15-17)25(31(27,28)18-9-5-3-6-10-18)32(29,30)19-11-7-4-8-12-19/h3-16H,1-2H3,(H,24,26). The number of rotatable bonds is 7. The summed E-state index contributed by atoms with van der Waals surface area (Å²) < 4.78 is 68.7. The van der Waals surface area contributed by atoms with Crippen LogP contribution >= 0.6 is 0 Å². The minimum absolute atomic E-state index is 0.0524. The maximum absolute atomic E-state index is 14.9. The van der Waals surface area contributed by atoms with Crippen LogP contribution in [0.25, 0.3) is 0 Å². The molecule has 3 aromatic carbocycles. The van der Waals surface area contributed by atoms with E-state index in [0.717, 1.165) is 12.1 Å². The van der Waals surface area contributed by atoms with Crippen LogP contribution in [0.15, 0.2) is 88.7 Å². The number of hydrogen-bond donors (Lipinski definition) is 1. The highest BCUT2D eigenvalue weighted by molar-refractivity contribution is 8.10. The van der Waals surface area contributed by atoms with Crippen LogP contribution in [0.4, 0.5) is 15.8 Å². The Bertz CT molecular complexity index is 1260. The number of sulfonamides is 2. The maximum atomic E-state index is 14.9. The van der Waals surface area contributed by atoms with E-state index in [1.165, 1.54) is 54.6 Å². The van der Waals surface area contributed by atoms with E-state index < -0.39 is 43.4 Å². The molecule has 0 heterocycles. The summed E-state index contributed by atoms with van der Waals surface area (Å²) in [5, 5.41) is 2.52. The second-order valence-electron chi connectivity index (χ2n) is 7.14. The third-order valence-corrected chi connectivity index (χ3v) is 8.63. The molecule has 0 aliphatic heterocycles. The zero-order valence-electron chi connectivity index (χ0n) is 17.3. The van der Waals surface area contributed by atoms with Gasteiger partial charge in [-0.1, -0.05) is 50.2 Å². The number of nitrogens with zero attached hydrogens (tertiary/aromatic N) is 1. The summed E-state index contributed by atoms with van der Waals surface area (Å²) in [7, 11) is -9.50. The molecule has 0 bridgehead atoms. The molecule has 3 aromatic rings. The van der Waals surface area contributed by atoms with Crippen molar-refractivity contribution < 1.29 is 26.0 Å². The van der Waals surface area contributed by atoms with Crippen LogP contribution in [0, 0.1) is 11.7 Å². The SMILES string of the molecule is CC(C)C(=O)Nc1ccc(F)c(N(S(=O)(=O)c2ccccc2)S(=O)(=O)c2ccccc2)c1. The number of amides is 1. The Labute approximate surface area is 186 Å². The van der Waals surface area contributed by atoms with E-state index in [-0.39, 0.29) is 19.2 Å². The summed E-state index contributed by atoms with van der Waals surface area (Å²) in [6.07, 6.45) is 0. The van der Waals surface area contributed by atoms with Crippen LogP contribution in [0.1, 0.15) is 13.8 Å². The van der Waals surface area contributed by atoms with Gasteiger partial charge >= 0.3 is 0 Å². The summed E-state index contributed by atoms with van der Waals surface area (Å²) in [5.74, 6) is -1.89. The van der Waals surface area contributed by atoms with Gasteiger partial charge in [0.1, 0.15) is 11.5 Å². The van der Waals surface area contributed by atoms with Crippen LogP contribution in [-0.2, 0) is 24.8 Å². The highest BCUT2D eigenvalue weighted by atomic mass is 32.3. The van der Waals surface area contributed by atoms with Gasteiger partial charge in [0.2, 0.25) is 5.91 Å². The molecule has 0 saturated heterocycles. The van der Waals surface area contributed by atoms with Gasteiger partial charge < -0.3 is 5.32 Å². The van der Waals surface area contributed by atoms with Crippen molar-refractivity contribution in [3.8, 4) is 0 Å². The average molecular weight is 477 g/mol. The van der Waals surface area contributed by atoms with Crippen molar-refractivity contribution in [2.45, 2.75) is 23.6 Å². The van der Waals surface area contributed by atoms with Crippen LogP contribution in [0.3, 0.4) is 0 Å². The third kappa shape index (κ3) is 4.66. The second kappa shape index (κ2) is 9.09. The maximum Gasteiger partial charge on any atom is 0.277 e. The first-order valence-corrected chi connectivity index (χ1v) is 12.4. The molecule has 7 nitrogen and oxygen atoms in total. The summed E-state index contributed by atoms with van der Waals surface area (Å²) >= 11 is 0.